The minimum atomic E-state index is -0.560. The van der Waals surface area contributed by atoms with Crippen LogP contribution in [0.2, 0.25) is 0 Å². The Hall–Kier alpha value is -3.72. The quantitative estimate of drug-likeness (QED) is 0.694. The van der Waals surface area contributed by atoms with E-state index in [1.54, 1.807) is 12.1 Å². The maximum Gasteiger partial charge on any atom is 0.253 e. The highest BCUT2D eigenvalue weighted by atomic mass is 16.5. The number of phenols is 1. The second kappa shape index (κ2) is 6.42. The van der Waals surface area contributed by atoms with Crippen molar-refractivity contribution >= 4 is 5.91 Å². The molecule has 1 aromatic heterocycles. The van der Waals surface area contributed by atoms with Gasteiger partial charge in [0.15, 0.2) is 5.60 Å². The predicted molar refractivity (Wildman–Crippen MR) is 106 cm³/mol. The summed E-state index contributed by atoms with van der Waals surface area (Å²) in [4.78, 5) is 14.7. The zero-order chi connectivity index (χ0) is 20.0. The molecular weight excluding hydrogens is 366 g/mol. The van der Waals surface area contributed by atoms with Crippen molar-refractivity contribution in [2.75, 3.05) is 13.1 Å². The Balaban J connectivity index is 1.45. The molecule has 1 N–H and O–H groups in total. The van der Waals surface area contributed by atoms with Crippen molar-refractivity contribution in [3.8, 4) is 23.3 Å². The molecule has 3 aromatic rings. The van der Waals surface area contributed by atoms with Gasteiger partial charge in [-0.3, -0.25) is 9.36 Å². The van der Waals surface area contributed by atoms with E-state index in [-0.39, 0.29) is 11.7 Å². The number of benzene rings is 2. The highest BCUT2D eigenvalue weighted by Gasteiger charge is 2.45. The van der Waals surface area contributed by atoms with Crippen LogP contribution in [0.1, 0.15) is 34.6 Å². The first-order chi connectivity index (χ1) is 14.1. The van der Waals surface area contributed by atoms with Crippen LogP contribution >= 0.6 is 0 Å². The Kier molecular flexibility index (Phi) is 3.85. The fraction of sp³-hybridized carbons (Fsp3) is 0.217. The van der Waals surface area contributed by atoms with Crippen LogP contribution in [0.4, 0.5) is 0 Å². The Morgan fingerprint density at radius 2 is 1.76 bits per heavy atom. The van der Waals surface area contributed by atoms with Gasteiger partial charge in [-0.1, -0.05) is 12.1 Å². The Labute approximate surface area is 168 Å². The van der Waals surface area contributed by atoms with Crippen molar-refractivity contribution in [3.63, 3.8) is 0 Å². The number of carbonyl (C=O) groups excluding carboxylic acids is 1. The number of carbonyl (C=O) groups is 1. The van der Waals surface area contributed by atoms with Gasteiger partial charge in [0.1, 0.15) is 23.3 Å². The standard InChI is InChI=1S/C23H19N3O3/c24-15-17-7-10-21-23(29-20-4-2-1-3-19(20)26(17)21)11-13-25(14-12-23)22(28)16-5-8-18(27)9-6-16/h1-10,27H,11-14H2. The molecule has 0 atom stereocenters. The molecule has 1 spiro atoms. The molecule has 0 radical (unpaired) electrons. The van der Waals surface area contributed by atoms with Gasteiger partial charge in [-0.2, -0.15) is 5.26 Å². The Morgan fingerprint density at radius 1 is 1.03 bits per heavy atom. The van der Waals surface area contributed by atoms with Crippen LogP contribution in [0, 0.1) is 11.3 Å². The number of phenolic OH excluding ortho intramolecular Hbond substituents is 1. The number of aromatic nitrogens is 1. The van der Waals surface area contributed by atoms with Crippen LogP contribution in [0.25, 0.3) is 5.69 Å². The molecule has 0 bridgehead atoms. The number of ether oxygens (including phenoxy) is 1. The number of para-hydroxylation sites is 2. The molecule has 6 nitrogen and oxygen atoms in total. The maximum atomic E-state index is 12.8. The highest BCUT2D eigenvalue weighted by Crippen LogP contribution is 2.45. The van der Waals surface area contributed by atoms with E-state index in [2.05, 4.69) is 6.07 Å². The predicted octanol–water partition coefficient (Wildman–Crippen LogP) is 3.58. The minimum absolute atomic E-state index is 0.0517. The van der Waals surface area contributed by atoms with Gasteiger partial charge in [-0.15, -0.1) is 0 Å². The molecule has 2 aliphatic rings. The highest BCUT2D eigenvalue weighted by molar-refractivity contribution is 5.94. The number of rotatable bonds is 1. The first-order valence-electron chi connectivity index (χ1n) is 9.60. The molecule has 0 saturated carbocycles. The third-order valence-corrected chi connectivity index (χ3v) is 5.85. The number of piperidine rings is 1. The average molecular weight is 385 g/mol. The van der Waals surface area contributed by atoms with Crippen molar-refractivity contribution in [1.29, 1.82) is 5.26 Å². The lowest BCUT2D eigenvalue weighted by molar-refractivity contribution is -0.00937. The monoisotopic (exact) mass is 385 g/mol. The number of likely N-dealkylation sites (tertiary alicyclic amines) is 1. The Bertz CT molecular complexity index is 1130. The summed E-state index contributed by atoms with van der Waals surface area (Å²) in [5.41, 5.74) is 2.41. The SMILES string of the molecule is N#Cc1ccc2n1-c1ccccc1OC21CCN(C(=O)c2ccc(O)cc2)CC1. The molecule has 144 valence electrons. The van der Waals surface area contributed by atoms with E-state index in [9.17, 15) is 15.2 Å². The van der Waals surface area contributed by atoms with Crippen LogP contribution in [-0.4, -0.2) is 33.6 Å². The van der Waals surface area contributed by atoms with E-state index in [0.717, 1.165) is 17.1 Å². The molecule has 1 amide bonds. The van der Waals surface area contributed by atoms with Crippen LogP contribution in [0.3, 0.4) is 0 Å². The molecule has 29 heavy (non-hydrogen) atoms. The molecule has 2 aliphatic heterocycles. The summed E-state index contributed by atoms with van der Waals surface area (Å²) in [5, 5.41) is 19.0. The van der Waals surface area contributed by atoms with E-state index in [1.807, 2.05) is 45.9 Å². The van der Waals surface area contributed by atoms with E-state index in [4.69, 9.17) is 4.74 Å². The number of nitriles is 1. The van der Waals surface area contributed by atoms with Crippen molar-refractivity contribution in [3.05, 3.63) is 77.6 Å². The maximum absolute atomic E-state index is 12.8. The molecular formula is C23H19N3O3. The molecule has 3 heterocycles. The van der Waals surface area contributed by atoms with Gasteiger partial charge in [0, 0.05) is 31.5 Å². The first-order valence-corrected chi connectivity index (χ1v) is 9.60. The summed E-state index contributed by atoms with van der Waals surface area (Å²) in [6.45, 7) is 1.10. The van der Waals surface area contributed by atoms with Crippen molar-refractivity contribution in [2.45, 2.75) is 18.4 Å². The largest absolute Gasteiger partial charge is 0.508 e. The lowest BCUT2D eigenvalue weighted by Crippen LogP contribution is -2.50. The van der Waals surface area contributed by atoms with Crippen LogP contribution in [0.15, 0.2) is 60.7 Å². The second-order valence-electron chi connectivity index (χ2n) is 7.45. The first kappa shape index (κ1) is 17.4. The number of fused-ring (bicyclic) bond motifs is 4. The zero-order valence-electron chi connectivity index (χ0n) is 15.7. The third-order valence-electron chi connectivity index (χ3n) is 5.85. The summed E-state index contributed by atoms with van der Waals surface area (Å²) >= 11 is 0. The van der Waals surface area contributed by atoms with Crippen molar-refractivity contribution in [2.24, 2.45) is 0 Å². The number of nitrogens with zero attached hydrogens (tertiary/aromatic N) is 3. The van der Waals surface area contributed by atoms with Gasteiger partial charge >= 0.3 is 0 Å². The molecule has 0 unspecified atom stereocenters. The van der Waals surface area contributed by atoms with Gasteiger partial charge in [0.05, 0.1) is 11.4 Å². The van der Waals surface area contributed by atoms with Crippen molar-refractivity contribution in [1.82, 2.24) is 9.47 Å². The van der Waals surface area contributed by atoms with Crippen LogP contribution in [-0.2, 0) is 5.60 Å². The summed E-state index contributed by atoms with van der Waals surface area (Å²) in [6, 6.07) is 20.1. The summed E-state index contributed by atoms with van der Waals surface area (Å²) in [5.74, 6) is 0.845. The average Bonchev–Trinajstić information content (AvgIpc) is 3.20. The second-order valence-corrected chi connectivity index (χ2v) is 7.45. The summed E-state index contributed by atoms with van der Waals surface area (Å²) in [6.07, 6.45) is 1.28. The molecule has 2 aromatic carbocycles. The summed E-state index contributed by atoms with van der Waals surface area (Å²) < 4.78 is 8.48. The number of hydrogen-bond donors (Lipinski definition) is 1. The van der Waals surface area contributed by atoms with E-state index < -0.39 is 5.60 Å². The van der Waals surface area contributed by atoms with Gasteiger partial charge in [0.2, 0.25) is 0 Å². The molecule has 5 rings (SSSR count). The smallest absolute Gasteiger partial charge is 0.253 e. The molecule has 1 saturated heterocycles. The van der Waals surface area contributed by atoms with E-state index in [0.29, 0.717) is 37.2 Å². The van der Waals surface area contributed by atoms with E-state index >= 15 is 0 Å². The minimum Gasteiger partial charge on any atom is -0.508 e. The number of amides is 1. The fourth-order valence-electron chi connectivity index (χ4n) is 4.35. The fourth-order valence-corrected chi connectivity index (χ4v) is 4.35. The van der Waals surface area contributed by atoms with Gasteiger partial charge < -0.3 is 14.7 Å². The molecule has 6 heteroatoms. The third kappa shape index (κ3) is 2.66. The zero-order valence-corrected chi connectivity index (χ0v) is 15.7. The normalized spacial score (nSPS) is 16.4. The van der Waals surface area contributed by atoms with Gasteiger partial charge in [-0.05, 0) is 48.5 Å². The van der Waals surface area contributed by atoms with Gasteiger partial charge in [-0.25, -0.2) is 0 Å². The van der Waals surface area contributed by atoms with Crippen LogP contribution < -0.4 is 4.74 Å². The Morgan fingerprint density at radius 3 is 2.48 bits per heavy atom. The van der Waals surface area contributed by atoms with E-state index in [1.165, 1.54) is 12.1 Å². The van der Waals surface area contributed by atoms with Crippen LogP contribution in [0.5, 0.6) is 11.5 Å². The lowest BCUT2D eigenvalue weighted by Gasteiger charge is -2.45. The van der Waals surface area contributed by atoms with Crippen molar-refractivity contribution < 1.29 is 14.6 Å². The molecule has 1 fully saturated rings. The summed E-state index contributed by atoms with van der Waals surface area (Å²) in [7, 11) is 0. The lowest BCUT2D eigenvalue weighted by atomic mass is 9.86. The van der Waals surface area contributed by atoms with Gasteiger partial charge in [0.25, 0.3) is 5.91 Å². The molecule has 0 aliphatic carbocycles. The number of aromatic hydroxyl groups is 1. The number of hydrogen-bond acceptors (Lipinski definition) is 4. The topological polar surface area (TPSA) is 78.5 Å².